The van der Waals surface area contributed by atoms with Gasteiger partial charge >= 0.3 is 5.97 Å². The number of aliphatic imine (C=N–C) groups is 2. The number of carboxylic acids is 1. The van der Waals surface area contributed by atoms with Crippen LogP contribution in [0.25, 0.3) is 0 Å². The van der Waals surface area contributed by atoms with Crippen molar-refractivity contribution in [2.75, 3.05) is 6.54 Å². The summed E-state index contributed by atoms with van der Waals surface area (Å²) in [4.78, 5) is 21.1. The van der Waals surface area contributed by atoms with Gasteiger partial charge < -0.3 is 10.0 Å². The van der Waals surface area contributed by atoms with E-state index in [0.717, 1.165) is 17.1 Å². The Labute approximate surface area is 97.4 Å². The third-order valence-corrected chi connectivity index (χ3v) is 2.71. The first kappa shape index (κ1) is 9.77. The number of para-hydroxylation sites is 1. The van der Waals surface area contributed by atoms with Gasteiger partial charge in [-0.15, -0.1) is 0 Å². The normalized spacial score (nSPS) is 16.8. The van der Waals surface area contributed by atoms with E-state index in [2.05, 4.69) is 9.98 Å². The highest BCUT2D eigenvalue weighted by Crippen LogP contribution is 2.26. The van der Waals surface area contributed by atoms with Crippen molar-refractivity contribution in [3.05, 3.63) is 41.6 Å². The number of hydrogen-bond donors (Lipinski definition) is 1. The molecule has 1 aromatic rings. The maximum Gasteiger partial charge on any atom is 0.334 e. The first-order chi connectivity index (χ1) is 8.25. The van der Waals surface area contributed by atoms with E-state index in [1.807, 2.05) is 24.3 Å². The Morgan fingerprint density at radius 3 is 3.00 bits per heavy atom. The minimum atomic E-state index is -0.944. The van der Waals surface area contributed by atoms with E-state index >= 15 is 0 Å². The molecule has 2 aliphatic rings. The molecule has 3 rings (SSSR count). The third kappa shape index (κ3) is 1.52. The number of carboxylic acid groups (broad SMARTS) is 1. The first-order valence-corrected chi connectivity index (χ1v) is 5.16. The second kappa shape index (κ2) is 3.55. The summed E-state index contributed by atoms with van der Waals surface area (Å²) in [6.45, 7) is 0.298. The van der Waals surface area contributed by atoms with Gasteiger partial charge in [-0.1, -0.05) is 12.1 Å². The molecule has 0 aliphatic carbocycles. The van der Waals surface area contributed by atoms with Crippen molar-refractivity contribution in [2.24, 2.45) is 9.98 Å². The summed E-state index contributed by atoms with van der Waals surface area (Å²) in [5, 5.41) is 8.92. The quantitative estimate of drug-likeness (QED) is 0.788. The second-order valence-corrected chi connectivity index (χ2v) is 3.80. The fraction of sp³-hybridized carbons (Fsp3) is 0.0833. The van der Waals surface area contributed by atoms with Crippen LogP contribution in [-0.2, 0) is 4.79 Å². The van der Waals surface area contributed by atoms with Gasteiger partial charge in [-0.3, -0.25) is 0 Å². The van der Waals surface area contributed by atoms with E-state index in [1.165, 1.54) is 6.20 Å². The van der Waals surface area contributed by atoms with Crippen molar-refractivity contribution >= 4 is 23.8 Å². The molecule has 84 valence electrons. The standard InChI is InChI=1S/C12H9N3O2/c16-12(17)8-5-13-11-9-3-1-2-4-10(9)14-7-15(11)6-8/h1-5,7H,6H2,(H,16,17). The molecule has 2 heterocycles. The Morgan fingerprint density at radius 1 is 1.35 bits per heavy atom. The summed E-state index contributed by atoms with van der Waals surface area (Å²) in [5.41, 5.74) is 2.05. The molecule has 17 heavy (non-hydrogen) atoms. The molecule has 2 aliphatic heterocycles. The molecule has 0 radical (unpaired) electrons. The highest BCUT2D eigenvalue weighted by Gasteiger charge is 2.24. The minimum Gasteiger partial charge on any atom is -0.478 e. The van der Waals surface area contributed by atoms with Crippen LogP contribution >= 0.6 is 0 Å². The molecule has 0 saturated carbocycles. The Bertz CT molecular complexity index is 587. The fourth-order valence-corrected chi connectivity index (χ4v) is 1.86. The molecule has 1 N–H and O–H groups in total. The lowest BCUT2D eigenvalue weighted by Gasteiger charge is -2.28. The Kier molecular flexibility index (Phi) is 2.04. The highest BCUT2D eigenvalue weighted by atomic mass is 16.4. The van der Waals surface area contributed by atoms with Crippen LogP contribution in [0.15, 0.2) is 46.0 Å². The maximum atomic E-state index is 10.9. The number of carbonyl (C=O) groups is 1. The summed E-state index contributed by atoms with van der Waals surface area (Å²) in [6.07, 6.45) is 3.03. The molecule has 1 aromatic carbocycles. The zero-order valence-corrected chi connectivity index (χ0v) is 8.87. The lowest BCUT2D eigenvalue weighted by molar-refractivity contribution is -0.132. The van der Waals surface area contributed by atoms with Crippen molar-refractivity contribution < 1.29 is 9.90 Å². The highest BCUT2D eigenvalue weighted by molar-refractivity contribution is 6.12. The van der Waals surface area contributed by atoms with E-state index in [1.54, 1.807) is 11.2 Å². The van der Waals surface area contributed by atoms with Crippen molar-refractivity contribution in [3.63, 3.8) is 0 Å². The van der Waals surface area contributed by atoms with Gasteiger partial charge in [0, 0.05) is 11.8 Å². The van der Waals surface area contributed by atoms with Gasteiger partial charge in [0.25, 0.3) is 0 Å². The number of amidine groups is 1. The predicted octanol–water partition coefficient (Wildman–Crippen LogP) is 1.39. The van der Waals surface area contributed by atoms with Crippen molar-refractivity contribution in [2.45, 2.75) is 0 Å². The molecule has 0 unspecified atom stereocenters. The van der Waals surface area contributed by atoms with Gasteiger partial charge in [-0.25, -0.2) is 14.8 Å². The van der Waals surface area contributed by atoms with Gasteiger partial charge in [0.15, 0.2) is 0 Å². The van der Waals surface area contributed by atoms with Crippen LogP contribution in [0, 0.1) is 0 Å². The summed E-state index contributed by atoms with van der Waals surface area (Å²) < 4.78 is 0. The summed E-state index contributed by atoms with van der Waals surface area (Å²) >= 11 is 0. The smallest absolute Gasteiger partial charge is 0.334 e. The molecular formula is C12H9N3O2. The molecule has 0 aromatic heterocycles. The van der Waals surface area contributed by atoms with Gasteiger partial charge in [-0.2, -0.15) is 0 Å². The van der Waals surface area contributed by atoms with E-state index < -0.39 is 5.97 Å². The number of fused-ring (bicyclic) bond motifs is 3. The monoisotopic (exact) mass is 227 g/mol. The Balaban J connectivity index is 2.10. The van der Waals surface area contributed by atoms with Crippen LogP contribution in [0.2, 0.25) is 0 Å². The summed E-state index contributed by atoms with van der Waals surface area (Å²) in [6, 6.07) is 7.66. The Morgan fingerprint density at radius 2 is 2.18 bits per heavy atom. The van der Waals surface area contributed by atoms with E-state index in [-0.39, 0.29) is 5.57 Å². The zero-order valence-electron chi connectivity index (χ0n) is 8.87. The van der Waals surface area contributed by atoms with Gasteiger partial charge in [0.2, 0.25) is 0 Å². The van der Waals surface area contributed by atoms with E-state index in [9.17, 15) is 4.79 Å². The number of benzene rings is 1. The number of aliphatic carboxylic acids is 1. The summed E-state index contributed by atoms with van der Waals surface area (Å²) in [5.74, 6) is -0.194. The number of rotatable bonds is 1. The molecule has 0 saturated heterocycles. The van der Waals surface area contributed by atoms with Crippen molar-refractivity contribution in [1.29, 1.82) is 0 Å². The average molecular weight is 227 g/mol. The van der Waals surface area contributed by atoms with Gasteiger partial charge in [-0.05, 0) is 12.1 Å². The summed E-state index contributed by atoms with van der Waals surface area (Å²) in [7, 11) is 0. The zero-order chi connectivity index (χ0) is 11.8. The van der Waals surface area contributed by atoms with Crippen LogP contribution in [0.4, 0.5) is 5.69 Å². The van der Waals surface area contributed by atoms with Crippen molar-refractivity contribution in [1.82, 2.24) is 4.90 Å². The van der Waals surface area contributed by atoms with Gasteiger partial charge in [0.1, 0.15) is 5.84 Å². The van der Waals surface area contributed by atoms with E-state index in [4.69, 9.17) is 5.11 Å². The molecule has 0 spiro atoms. The predicted molar refractivity (Wildman–Crippen MR) is 63.6 cm³/mol. The first-order valence-electron chi connectivity index (χ1n) is 5.16. The second-order valence-electron chi connectivity index (χ2n) is 3.80. The molecule has 0 atom stereocenters. The van der Waals surface area contributed by atoms with Crippen LogP contribution in [0.1, 0.15) is 5.56 Å². The molecular weight excluding hydrogens is 218 g/mol. The Hall–Kier alpha value is -2.43. The minimum absolute atomic E-state index is 0.264. The van der Waals surface area contributed by atoms with Crippen LogP contribution in [0.3, 0.4) is 0 Å². The third-order valence-electron chi connectivity index (χ3n) is 2.71. The topological polar surface area (TPSA) is 65.3 Å². The van der Waals surface area contributed by atoms with Crippen molar-refractivity contribution in [3.8, 4) is 0 Å². The average Bonchev–Trinajstić information content (AvgIpc) is 2.38. The lowest BCUT2D eigenvalue weighted by atomic mass is 10.1. The van der Waals surface area contributed by atoms with Gasteiger partial charge in [0.05, 0.1) is 24.1 Å². The van der Waals surface area contributed by atoms with E-state index in [0.29, 0.717) is 6.54 Å². The lowest BCUT2D eigenvalue weighted by Crippen LogP contribution is -2.37. The number of hydrogen-bond acceptors (Lipinski definition) is 4. The van der Waals surface area contributed by atoms with Crippen LogP contribution < -0.4 is 0 Å². The molecule has 5 heteroatoms. The molecule has 0 bridgehead atoms. The number of nitrogens with zero attached hydrogens (tertiary/aromatic N) is 3. The maximum absolute atomic E-state index is 10.9. The molecule has 0 fully saturated rings. The molecule has 0 amide bonds. The largest absolute Gasteiger partial charge is 0.478 e. The SMILES string of the molecule is O=C(O)C1=CN=C2c3ccccc3N=CN2C1. The van der Waals surface area contributed by atoms with Crippen LogP contribution in [0.5, 0.6) is 0 Å². The molecule has 5 nitrogen and oxygen atoms in total. The van der Waals surface area contributed by atoms with Crippen LogP contribution in [-0.4, -0.2) is 34.7 Å². The fourth-order valence-electron chi connectivity index (χ4n) is 1.86.